The molecule has 28 heavy (non-hydrogen) atoms. The van der Waals surface area contributed by atoms with Gasteiger partial charge in [-0.3, -0.25) is 4.21 Å². The maximum absolute atomic E-state index is 13.2. The van der Waals surface area contributed by atoms with Gasteiger partial charge in [-0.05, 0) is 24.1 Å². The number of para-hydroxylation sites is 1. The molecule has 1 heterocycles. The van der Waals surface area contributed by atoms with Crippen molar-refractivity contribution in [3.8, 4) is 5.75 Å². The summed E-state index contributed by atoms with van der Waals surface area (Å²) < 4.78 is 31.3. The van der Waals surface area contributed by atoms with Gasteiger partial charge in [-0.2, -0.15) is 4.39 Å². The van der Waals surface area contributed by atoms with Crippen LogP contribution in [0, 0.1) is 5.92 Å². The molecule has 2 atom stereocenters. The van der Waals surface area contributed by atoms with Crippen LogP contribution in [0.5, 0.6) is 5.75 Å². The number of rotatable bonds is 5. The molecular weight excluding hydrogens is 405 g/mol. The molecule has 0 saturated heterocycles. The SMILES string of the molecule is CC[C@H]1CN(c2ccccc2)c2cc(Cl)c(O/C=C(\F)C(=O)O)cc2S(=O)C1. The number of carbonyl (C=O) groups is 1. The van der Waals surface area contributed by atoms with Gasteiger partial charge in [-0.1, -0.05) is 43.1 Å². The second-order valence-corrected chi connectivity index (χ2v) is 8.24. The first-order valence-corrected chi connectivity index (χ1v) is 10.4. The van der Waals surface area contributed by atoms with Crippen LogP contribution >= 0.6 is 11.6 Å². The van der Waals surface area contributed by atoms with Crippen LogP contribution in [0.25, 0.3) is 0 Å². The number of halogens is 2. The highest BCUT2D eigenvalue weighted by Crippen LogP contribution is 2.41. The fourth-order valence-electron chi connectivity index (χ4n) is 2.99. The van der Waals surface area contributed by atoms with E-state index in [1.165, 1.54) is 6.07 Å². The molecule has 2 aromatic carbocycles. The van der Waals surface area contributed by atoms with Crippen molar-refractivity contribution < 1.29 is 23.2 Å². The van der Waals surface area contributed by atoms with E-state index in [0.29, 0.717) is 29.1 Å². The smallest absolute Gasteiger partial charge is 0.368 e. The van der Waals surface area contributed by atoms with Crippen LogP contribution in [0.1, 0.15) is 13.3 Å². The Hall–Kier alpha value is -2.38. The number of benzene rings is 2. The number of anilines is 2. The molecule has 1 aliphatic rings. The van der Waals surface area contributed by atoms with E-state index in [-0.39, 0.29) is 16.7 Å². The summed E-state index contributed by atoms with van der Waals surface area (Å²) in [7, 11) is -1.31. The Kier molecular flexibility index (Phi) is 6.36. The predicted molar refractivity (Wildman–Crippen MR) is 107 cm³/mol. The summed E-state index contributed by atoms with van der Waals surface area (Å²) in [6.45, 7) is 2.74. The minimum atomic E-state index is -1.74. The third kappa shape index (κ3) is 4.36. The number of nitrogens with zero attached hydrogens (tertiary/aromatic N) is 1. The quantitative estimate of drug-likeness (QED) is 0.547. The topological polar surface area (TPSA) is 66.8 Å². The van der Waals surface area contributed by atoms with E-state index in [9.17, 15) is 13.4 Å². The fraction of sp³-hybridized carbons (Fsp3) is 0.250. The fourth-order valence-corrected chi connectivity index (χ4v) is 4.78. The molecule has 148 valence electrons. The average Bonchev–Trinajstić information content (AvgIpc) is 2.82. The Morgan fingerprint density at radius 3 is 2.75 bits per heavy atom. The highest BCUT2D eigenvalue weighted by atomic mass is 35.5. The largest absolute Gasteiger partial charge is 0.476 e. The van der Waals surface area contributed by atoms with Crippen LogP contribution in [-0.2, 0) is 15.6 Å². The Labute approximate surface area is 169 Å². The number of hydrogen-bond acceptors (Lipinski definition) is 4. The van der Waals surface area contributed by atoms with Gasteiger partial charge < -0.3 is 14.7 Å². The van der Waals surface area contributed by atoms with E-state index in [1.807, 2.05) is 30.3 Å². The second-order valence-electron chi connectivity index (χ2n) is 6.37. The van der Waals surface area contributed by atoms with Gasteiger partial charge in [0.1, 0.15) is 12.0 Å². The normalized spacial score (nSPS) is 19.7. The van der Waals surface area contributed by atoms with Crippen LogP contribution in [-0.4, -0.2) is 27.6 Å². The van der Waals surface area contributed by atoms with Crippen molar-refractivity contribution in [2.75, 3.05) is 17.2 Å². The highest BCUT2D eigenvalue weighted by Gasteiger charge is 2.28. The van der Waals surface area contributed by atoms with E-state index in [4.69, 9.17) is 21.4 Å². The number of aliphatic carboxylic acids is 1. The summed E-state index contributed by atoms with van der Waals surface area (Å²) >= 11 is 6.30. The number of carboxylic acids is 1. The first kappa shape index (κ1) is 20.4. The first-order chi connectivity index (χ1) is 13.4. The Morgan fingerprint density at radius 1 is 1.39 bits per heavy atom. The van der Waals surface area contributed by atoms with Gasteiger partial charge in [0.15, 0.2) is 0 Å². The highest BCUT2D eigenvalue weighted by molar-refractivity contribution is 7.85. The van der Waals surface area contributed by atoms with Gasteiger partial charge in [-0.25, -0.2) is 4.79 Å². The van der Waals surface area contributed by atoms with Crippen molar-refractivity contribution in [1.29, 1.82) is 0 Å². The molecule has 0 aliphatic carbocycles. The molecule has 0 saturated carbocycles. The molecule has 8 heteroatoms. The van der Waals surface area contributed by atoms with Crippen molar-refractivity contribution in [2.24, 2.45) is 5.92 Å². The van der Waals surface area contributed by atoms with E-state index < -0.39 is 22.6 Å². The number of ether oxygens (including phenoxy) is 1. The molecule has 0 spiro atoms. The van der Waals surface area contributed by atoms with E-state index in [1.54, 1.807) is 6.07 Å². The molecule has 1 aliphatic heterocycles. The predicted octanol–water partition coefficient (Wildman–Crippen LogP) is 4.90. The van der Waals surface area contributed by atoms with Crippen molar-refractivity contribution in [3.63, 3.8) is 0 Å². The molecule has 3 rings (SSSR count). The van der Waals surface area contributed by atoms with Gasteiger partial charge in [0.25, 0.3) is 0 Å². The van der Waals surface area contributed by atoms with E-state index in [0.717, 1.165) is 12.1 Å². The van der Waals surface area contributed by atoms with Crippen molar-refractivity contribution in [3.05, 3.63) is 59.6 Å². The zero-order valence-corrected chi connectivity index (χ0v) is 16.7. The van der Waals surface area contributed by atoms with Crippen LogP contribution < -0.4 is 9.64 Å². The summed E-state index contributed by atoms with van der Waals surface area (Å²) in [5.41, 5.74) is 1.64. The molecule has 5 nitrogen and oxygen atoms in total. The molecule has 0 amide bonds. The number of hydrogen-bond donors (Lipinski definition) is 1. The summed E-state index contributed by atoms with van der Waals surface area (Å²) in [4.78, 5) is 13.2. The van der Waals surface area contributed by atoms with Crippen molar-refractivity contribution >= 4 is 39.7 Å². The van der Waals surface area contributed by atoms with E-state index >= 15 is 0 Å². The second kappa shape index (κ2) is 8.75. The minimum absolute atomic E-state index is 0.0492. The molecule has 0 aromatic heterocycles. The van der Waals surface area contributed by atoms with Gasteiger partial charge in [0.05, 0.1) is 26.4 Å². The molecule has 1 unspecified atom stereocenters. The maximum atomic E-state index is 13.2. The van der Waals surface area contributed by atoms with Crippen molar-refractivity contribution in [2.45, 2.75) is 18.2 Å². The third-order valence-corrected chi connectivity index (χ3v) is 6.40. The lowest BCUT2D eigenvalue weighted by atomic mass is 10.1. The molecule has 1 N–H and O–H groups in total. The monoisotopic (exact) mass is 423 g/mol. The average molecular weight is 424 g/mol. The van der Waals surface area contributed by atoms with Crippen molar-refractivity contribution in [1.82, 2.24) is 0 Å². The lowest BCUT2D eigenvalue weighted by molar-refractivity contribution is -0.134. The molecule has 2 aromatic rings. The van der Waals surface area contributed by atoms with Crippen LogP contribution in [0.15, 0.2) is 59.4 Å². The molecule has 0 radical (unpaired) electrons. The zero-order chi connectivity index (χ0) is 20.3. The molecule has 0 bridgehead atoms. The molecule has 0 fully saturated rings. The first-order valence-electron chi connectivity index (χ1n) is 8.70. The van der Waals surface area contributed by atoms with Gasteiger partial charge >= 0.3 is 5.97 Å². The zero-order valence-electron chi connectivity index (χ0n) is 15.1. The van der Waals surface area contributed by atoms with Crippen LogP contribution in [0.4, 0.5) is 15.8 Å². The lowest BCUT2D eigenvalue weighted by Crippen LogP contribution is -2.25. The third-order valence-electron chi connectivity index (χ3n) is 4.52. The van der Waals surface area contributed by atoms with Gasteiger partial charge in [0, 0.05) is 24.1 Å². The van der Waals surface area contributed by atoms with Crippen LogP contribution in [0.2, 0.25) is 5.02 Å². The van der Waals surface area contributed by atoms with Gasteiger partial charge in [-0.15, -0.1) is 0 Å². The summed E-state index contributed by atoms with van der Waals surface area (Å²) in [5.74, 6) is -2.46. The summed E-state index contributed by atoms with van der Waals surface area (Å²) in [6, 6.07) is 12.8. The van der Waals surface area contributed by atoms with Crippen LogP contribution in [0.3, 0.4) is 0 Å². The lowest BCUT2D eigenvalue weighted by Gasteiger charge is -2.27. The number of fused-ring (bicyclic) bond motifs is 1. The number of carboxylic acid groups (broad SMARTS) is 1. The Bertz CT molecular complexity index is 935. The summed E-state index contributed by atoms with van der Waals surface area (Å²) in [6.07, 6.45) is 1.34. The Morgan fingerprint density at radius 2 is 2.11 bits per heavy atom. The summed E-state index contributed by atoms with van der Waals surface area (Å²) in [5, 5.41) is 8.77. The molecular formula is C20H19ClFNO4S. The van der Waals surface area contributed by atoms with Gasteiger partial charge in [0.2, 0.25) is 5.83 Å². The minimum Gasteiger partial charge on any atom is -0.476 e. The standard InChI is InChI=1S/C20H19ClFNO4S/c1-2-13-10-23(14-6-4-3-5-7-14)17-8-15(21)18(9-19(17)28(26)12-13)27-11-16(22)20(24)25/h3-9,11,13H,2,10,12H2,1H3,(H,24,25)/b16-11-/t13-,28?/m0/s1. The maximum Gasteiger partial charge on any atom is 0.368 e. The Balaban J connectivity index is 2.08. The van der Waals surface area contributed by atoms with E-state index in [2.05, 4.69) is 11.8 Å².